The molecule has 0 aliphatic carbocycles. The van der Waals surface area contributed by atoms with Crippen molar-refractivity contribution in [2.24, 2.45) is 11.8 Å². The first-order chi connectivity index (χ1) is 9.73. The van der Waals surface area contributed by atoms with Crippen LogP contribution in [0.25, 0.3) is 0 Å². The smallest absolute Gasteiger partial charge is 0.308 e. The average Bonchev–Trinajstić information content (AvgIpc) is 2.79. The maximum absolute atomic E-state index is 13.6. The second-order valence-electron chi connectivity index (χ2n) is 4.98. The van der Waals surface area contributed by atoms with E-state index in [0.717, 1.165) is 4.90 Å². The van der Waals surface area contributed by atoms with E-state index >= 15 is 0 Å². The molecular formula is C13H11F4NO3. The van der Waals surface area contributed by atoms with Gasteiger partial charge in [-0.05, 0) is 5.92 Å². The maximum Gasteiger partial charge on any atom is 0.308 e. The van der Waals surface area contributed by atoms with Crippen molar-refractivity contribution in [1.29, 1.82) is 0 Å². The van der Waals surface area contributed by atoms with Crippen LogP contribution in [0.3, 0.4) is 0 Å². The third-order valence-electron chi connectivity index (χ3n) is 3.54. The van der Waals surface area contributed by atoms with E-state index in [0.29, 0.717) is 0 Å². The molecule has 0 radical (unpaired) electrons. The van der Waals surface area contributed by atoms with E-state index < -0.39 is 52.5 Å². The fourth-order valence-electron chi connectivity index (χ4n) is 2.37. The number of hydrogen-bond donors (Lipinski definition) is 1. The minimum absolute atomic E-state index is 0.00804. The molecule has 4 nitrogen and oxygen atoms in total. The predicted molar refractivity (Wildman–Crippen MR) is 62.5 cm³/mol. The first-order valence-electron chi connectivity index (χ1n) is 6.09. The van der Waals surface area contributed by atoms with Crippen molar-refractivity contribution in [2.75, 3.05) is 13.1 Å². The summed E-state index contributed by atoms with van der Waals surface area (Å²) in [5, 5.41) is 8.95. The lowest BCUT2D eigenvalue weighted by Gasteiger charge is -2.17. The summed E-state index contributed by atoms with van der Waals surface area (Å²) >= 11 is 0. The Morgan fingerprint density at radius 2 is 1.67 bits per heavy atom. The highest BCUT2D eigenvalue weighted by Crippen LogP contribution is 2.27. The van der Waals surface area contributed by atoms with Crippen LogP contribution in [0.5, 0.6) is 0 Å². The van der Waals surface area contributed by atoms with Crippen LogP contribution < -0.4 is 0 Å². The molecule has 2 rings (SSSR count). The summed E-state index contributed by atoms with van der Waals surface area (Å²) < 4.78 is 53.3. The van der Waals surface area contributed by atoms with E-state index in [1.165, 1.54) is 0 Å². The molecule has 1 aliphatic heterocycles. The Bertz CT molecular complexity index is 594. The number of aliphatic carboxylic acids is 1. The Hall–Kier alpha value is -2.12. The number of carbonyl (C=O) groups excluding carboxylic acids is 1. The van der Waals surface area contributed by atoms with Gasteiger partial charge in [-0.2, -0.15) is 0 Å². The minimum Gasteiger partial charge on any atom is -0.481 e. The molecule has 114 valence electrons. The molecule has 0 aromatic heterocycles. The quantitative estimate of drug-likeness (QED) is 0.672. The highest BCUT2D eigenvalue weighted by molar-refractivity contribution is 5.95. The fraction of sp³-hybridized carbons (Fsp3) is 0.385. The molecule has 1 saturated heterocycles. The number of carboxylic acids is 1. The van der Waals surface area contributed by atoms with E-state index in [9.17, 15) is 27.2 Å². The molecule has 1 heterocycles. The summed E-state index contributed by atoms with van der Waals surface area (Å²) in [6.07, 6.45) is 0. The standard InChI is InChI=1S/C13H11F4NO3/c1-5-3-18(4-6(5)13(20)21)12(19)9-10(16)7(14)2-8(15)11(9)17/h2,5-6H,3-4H2,1H3,(H,20,21)/t5-,6-/m1/s1. The largest absolute Gasteiger partial charge is 0.481 e. The molecule has 0 spiro atoms. The molecule has 1 amide bonds. The van der Waals surface area contributed by atoms with Crippen LogP contribution in [-0.2, 0) is 4.79 Å². The van der Waals surface area contributed by atoms with E-state index in [-0.39, 0.29) is 19.2 Å². The Balaban J connectivity index is 2.36. The van der Waals surface area contributed by atoms with Gasteiger partial charge in [-0.25, -0.2) is 17.6 Å². The lowest BCUT2D eigenvalue weighted by molar-refractivity contribution is -0.142. The molecule has 0 saturated carbocycles. The number of rotatable bonds is 2. The molecule has 0 bridgehead atoms. The lowest BCUT2D eigenvalue weighted by atomic mass is 9.99. The number of likely N-dealkylation sites (tertiary alicyclic amines) is 1. The Kier molecular flexibility index (Phi) is 3.89. The number of amides is 1. The summed E-state index contributed by atoms with van der Waals surface area (Å²) in [7, 11) is 0. The molecule has 8 heteroatoms. The molecule has 21 heavy (non-hydrogen) atoms. The number of halogens is 4. The van der Waals surface area contributed by atoms with Crippen molar-refractivity contribution < 1.29 is 32.3 Å². The van der Waals surface area contributed by atoms with Crippen LogP contribution in [0, 0.1) is 35.1 Å². The van der Waals surface area contributed by atoms with Crippen LogP contribution in [0.15, 0.2) is 6.07 Å². The number of benzene rings is 1. The molecule has 1 aromatic carbocycles. The topological polar surface area (TPSA) is 57.6 Å². The number of nitrogens with zero attached hydrogens (tertiary/aromatic N) is 1. The van der Waals surface area contributed by atoms with Gasteiger partial charge >= 0.3 is 5.97 Å². The number of hydrogen-bond acceptors (Lipinski definition) is 2. The SMILES string of the molecule is C[C@@H]1CN(C(=O)c2c(F)c(F)cc(F)c2F)C[C@H]1C(=O)O. The van der Waals surface area contributed by atoms with Gasteiger partial charge in [-0.1, -0.05) is 6.92 Å². The van der Waals surface area contributed by atoms with Gasteiger partial charge in [0.1, 0.15) is 5.56 Å². The second kappa shape index (κ2) is 5.34. The summed E-state index contributed by atoms with van der Waals surface area (Å²) in [5.41, 5.74) is -1.34. The summed E-state index contributed by atoms with van der Waals surface area (Å²) in [5.74, 6) is -10.7. The van der Waals surface area contributed by atoms with Crippen LogP contribution >= 0.6 is 0 Å². The molecule has 2 atom stereocenters. The van der Waals surface area contributed by atoms with Crippen molar-refractivity contribution in [3.63, 3.8) is 0 Å². The van der Waals surface area contributed by atoms with Crippen LogP contribution in [0.1, 0.15) is 17.3 Å². The van der Waals surface area contributed by atoms with Gasteiger partial charge in [0.2, 0.25) is 0 Å². The van der Waals surface area contributed by atoms with Crippen LogP contribution in [0.2, 0.25) is 0 Å². The molecule has 1 fully saturated rings. The number of carboxylic acid groups (broad SMARTS) is 1. The van der Waals surface area contributed by atoms with Gasteiger partial charge in [0, 0.05) is 19.2 Å². The zero-order valence-corrected chi connectivity index (χ0v) is 10.9. The first-order valence-corrected chi connectivity index (χ1v) is 6.09. The highest BCUT2D eigenvalue weighted by atomic mass is 19.2. The second-order valence-corrected chi connectivity index (χ2v) is 4.98. The Labute approximate surface area is 117 Å². The normalized spacial score (nSPS) is 21.7. The van der Waals surface area contributed by atoms with Crippen molar-refractivity contribution >= 4 is 11.9 Å². The van der Waals surface area contributed by atoms with Crippen LogP contribution in [-0.4, -0.2) is 35.0 Å². The van der Waals surface area contributed by atoms with Gasteiger partial charge in [0.25, 0.3) is 5.91 Å². The van der Waals surface area contributed by atoms with Crippen molar-refractivity contribution in [3.05, 3.63) is 34.9 Å². The monoisotopic (exact) mass is 305 g/mol. The molecule has 1 N–H and O–H groups in total. The maximum atomic E-state index is 13.6. The van der Waals surface area contributed by atoms with Gasteiger partial charge in [0.05, 0.1) is 5.92 Å². The van der Waals surface area contributed by atoms with Crippen molar-refractivity contribution in [1.82, 2.24) is 4.90 Å². The van der Waals surface area contributed by atoms with Gasteiger partial charge < -0.3 is 10.0 Å². The van der Waals surface area contributed by atoms with Crippen molar-refractivity contribution in [2.45, 2.75) is 6.92 Å². The Morgan fingerprint density at radius 1 is 1.14 bits per heavy atom. The fourth-order valence-corrected chi connectivity index (χ4v) is 2.37. The minimum atomic E-state index is -1.79. The Morgan fingerprint density at radius 3 is 2.10 bits per heavy atom. The van der Waals surface area contributed by atoms with Gasteiger partial charge in [0.15, 0.2) is 23.3 Å². The van der Waals surface area contributed by atoms with E-state index in [4.69, 9.17) is 5.11 Å². The summed E-state index contributed by atoms with van der Waals surface area (Å²) in [6, 6.07) is 0.00804. The van der Waals surface area contributed by atoms with E-state index in [1.807, 2.05) is 0 Å². The summed E-state index contributed by atoms with van der Waals surface area (Å²) in [4.78, 5) is 23.9. The van der Waals surface area contributed by atoms with Gasteiger partial charge in [-0.3, -0.25) is 9.59 Å². The third kappa shape index (κ3) is 2.57. The van der Waals surface area contributed by atoms with E-state index in [2.05, 4.69) is 0 Å². The van der Waals surface area contributed by atoms with E-state index in [1.54, 1.807) is 6.92 Å². The van der Waals surface area contributed by atoms with Crippen LogP contribution in [0.4, 0.5) is 17.6 Å². The van der Waals surface area contributed by atoms with Crippen molar-refractivity contribution in [3.8, 4) is 0 Å². The molecular weight excluding hydrogens is 294 g/mol. The molecule has 0 unspecified atom stereocenters. The zero-order chi connectivity index (χ0) is 15.9. The first kappa shape index (κ1) is 15.3. The predicted octanol–water partition coefficient (Wildman–Crippen LogP) is 2.04. The zero-order valence-electron chi connectivity index (χ0n) is 10.9. The lowest BCUT2D eigenvalue weighted by Crippen LogP contribution is -2.32. The molecule has 1 aromatic rings. The summed E-state index contributed by atoms with van der Waals surface area (Å²) in [6.45, 7) is 1.23. The van der Waals surface area contributed by atoms with Gasteiger partial charge in [-0.15, -0.1) is 0 Å². The third-order valence-corrected chi connectivity index (χ3v) is 3.54. The average molecular weight is 305 g/mol. The molecule has 1 aliphatic rings. The number of carbonyl (C=O) groups is 2. The highest BCUT2D eigenvalue weighted by Gasteiger charge is 2.39.